The van der Waals surface area contributed by atoms with Crippen LogP contribution in [0.15, 0.2) is 48.2 Å². The Labute approximate surface area is 104 Å². The number of dihydropyridines is 1. The lowest BCUT2D eigenvalue weighted by Crippen LogP contribution is -2.44. The van der Waals surface area contributed by atoms with Crippen LogP contribution in [0.25, 0.3) is 0 Å². The third kappa shape index (κ3) is 2.11. The van der Waals surface area contributed by atoms with E-state index in [1.165, 1.54) is 6.08 Å². The second-order valence-electron chi connectivity index (χ2n) is 3.70. The summed E-state index contributed by atoms with van der Waals surface area (Å²) in [4.78, 5) is 4.01. The van der Waals surface area contributed by atoms with E-state index in [1.54, 1.807) is 36.7 Å². The molecule has 1 aromatic rings. The van der Waals surface area contributed by atoms with Gasteiger partial charge in [0, 0.05) is 24.6 Å². The molecule has 1 atom stereocenters. The molecule has 1 N–H and O–H groups in total. The molecule has 0 aromatic carbocycles. The second kappa shape index (κ2) is 4.98. The third-order valence-electron chi connectivity index (χ3n) is 2.59. The Balaban J connectivity index is 2.44. The summed E-state index contributed by atoms with van der Waals surface area (Å²) in [5, 5.41) is 11.7. The monoisotopic (exact) mass is 245 g/mol. The van der Waals surface area contributed by atoms with Crippen molar-refractivity contribution in [1.82, 2.24) is 10.3 Å². The highest BCUT2D eigenvalue weighted by molar-refractivity contribution is 5.39. The van der Waals surface area contributed by atoms with E-state index in [-0.39, 0.29) is 5.70 Å². The Morgan fingerprint density at radius 3 is 3.06 bits per heavy atom. The zero-order chi connectivity index (χ0) is 13.0. The number of nitriles is 1. The molecule has 4 nitrogen and oxygen atoms in total. The summed E-state index contributed by atoms with van der Waals surface area (Å²) in [6.07, 6.45) is 6.03. The standard InChI is InChI=1S/C13H12FN3O/c1-2-18-13(10-4-3-7-16-9-10)6-5-11(14)12(8-15)17-13/h3-7,9,17H,2H2,1H3. The largest absolute Gasteiger partial charge is 0.348 e. The van der Waals surface area contributed by atoms with Crippen LogP contribution < -0.4 is 5.32 Å². The van der Waals surface area contributed by atoms with Crippen LogP contribution in [0.5, 0.6) is 0 Å². The van der Waals surface area contributed by atoms with Gasteiger partial charge in [0.15, 0.2) is 17.2 Å². The Morgan fingerprint density at radius 2 is 2.44 bits per heavy atom. The van der Waals surface area contributed by atoms with Crippen molar-refractivity contribution in [2.45, 2.75) is 12.6 Å². The van der Waals surface area contributed by atoms with Gasteiger partial charge in [0.25, 0.3) is 0 Å². The van der Waals surface area contributed by atoms with Crippen LogP contribution in [-0.4, -0.2) is 11.6 Å². The molecule has 0 spiro atoms. The van der Waals surface area contributed by atoms with Gasteiger partial charge < -0.3 is 10.1 Å². The predicted octanol–water partition coefficient (Wildman–Crippen LogP) is 2.13. The van der Waals surface area contributed by atoms with Crippen molar-refractivity contribution in [3.63, 3.8) is 0 Å². The van der Waals surface area contributed by atoms with E-state index in [9.17, 15) is 4.39 Å². The Hall–Kier alpha value is -2.19. The zero-order valence-corrected chi connectivity index (χ0v) is 9.85. The van der Waals surface area contributed by atoms with Crippen molar-refractivity contribution < 1.29 is 9.13 Å². The summed E-state index contributed by atoms with van der Waals surface area (Å²) < 4.78 is 19.0. The molecule has 0 saturated heterocycles. The lowest BCUT2D eigenvalue weighted by atomic mass is 10.0. The summed E-state index contributed by atoms with van der Waals surface area (Å²) in [5.41, 5.74) is -0.470. The fourth-order valence-corrected chi connectivity index (χ4v) is 1.79. The minimum Gasteiger partial charge on any atom is -0.348 e. The van der Waals surface area contributed by atoms with Crippen molar-refractivity contribution in [2.75, 3.05) is 6.61 Å². The first-order valence-corrected chi connectivity index (χ1v) is 5.53. The molecule has 5 heteroatoms. The van der Waals surface area contributed by atoms with Crippen LogP contribution in [0.2, 0.25) is 0 Å². The fourth-order valence-electron chi connectivity index (χ4n) is 1.79. The SMILES string of the molecule is CCOC1(c2cccnc2)C=CC(F)=C(C#N)N1. The highest BCUT2D eigenvalue weighted by Crippen LogP contribution is 2.30. The van der Waals surface area contributed by atoms with Gasteiger partial charge in [-0.25, -0.2) is 4.39 Å². The molecule has 2 rings (SSSR count). The van der Waals surface area contributed by atoms with E-state index < -0.39 is 11.6 Å². The van der Waals surface area contributed by atoms with Crippen molar-refractivity contribution in [1.29, 1.82) is 5.26 Å². The van der Waals surface area contributed by atoms with E-state index in [4.69, 9.17) is 10.00 Å². The van der Waals surface area contributed by atoms with Gasteiger partial charge >= 0.3 is 0 Å². The molecule has 0 saturated carbocycles. The highest BCUT2D eigenvalue weighted by Gasteiger charge is 2.34. The number of nitrogens with one attached hydrogen (secondary N) is 1. The quantitative estimate of drug-likeness (QED) is 0.886. The number of ether oxygens (including phenoxy) is 1. The molecule has 0 radical (unpaired) electrons. The summed E-state index contributed by atoms with van der Waals surface area (Å²) in [7, 11) is 0. The van der Waals surface area contributed by atoms with Gasteiger partial charge in [-0.3, -0.25) is 4.98 Å². The van der Waals surface area contributed by atoms with Crippen LogP contribution in [-0.2, 0) is 10.5 Å². The average molecular weight is 245 g/mol. The molecule has 1 unspecified atom stereocenters. The van der Waals surface area contributed by atoms with E-state index in [2.05, 4.69) is 10.3 Å². The molecule has 0 aliphatic carbocycles. The second-order valence-corrected chi connectivity index (χ2v) is 3.70. The Kier molecular flexibility index (Phi) is 3.40. The molecule has 92 valence electrons. The van der Waals surface area contributed by atoms with Crippen LogP contribution in [0, 0.1) is 11.3 Å². The molecule has 18 heavy (non-hydrogen) atoms. The first-order valence-electron chi connectivity index (χ1n) is 5.53. The minimum atomic E-state index is -1.04. The van der Waals surface area contributed by atoms with Gasteiger partial charge in [0.2, 0.25) is 0 Å². The van der Waals surface area contributed by atoms with E-state index in [0.29, 0.717) is 12.2 Å². The van der Waals surface area contributed by atoms with E-state index >= 15 is 0 Å². The first kappa shape index (κ1) is 12.3. The third-order valence-corrected chi connectivity index (χ3v) is 2.59. The van der Waals surface area contributed by atoms with Crippen LogP contribution in [0.3, 0.4) is 0 Å². The number of aromatic nitrogens is 1. The van der Waals surface area contributed by atoms with Crippen LogP contribution in [0.1, 0.15) is 12.5 Å². The molecule has 2 heterocycles. The fraction of sp³-hybridized carbons (Fsp3) is 0.231. The zero-order valence-electron chi connectivity index (χ0n) is 9.85. The van der Waals surface area contributed by atoms with Gasteiger partial charge in [0.05, 0.1) is 0 Å². The molecule has 1 aromatic heterocycles. The van der Waals surface area contributed by atoms with Crippen molar-refractivity contribution in [2.24, 2.45) is 0 Å². The van der Waals surface area contributed by atoms with Crippen molar-refractivity contribution in [3.05, 3.63) is 53.8 Å². The van der Waals surface area contributed by atoms with Gasteiger partial charge in [-0.05, 0) is 25.1 Å². The number of hydrogen-bond acceptors (Lipinski definition) is 4. The van der Waals surface area contributed by atoms with Gasteiger partial charge in [-0.1, -0.05) is 6.07 Å². The van der Waals surface area contributed by atoms with Gasteiger partial charge in [-0.2, -0.15) is 5.26 Å². The average Bonchev–Trinajstić information content (AvgIpc) is 2.42. The number of nitrogens with zero attached hydrogens (tertiary/aromatic N) is 2. The van der Waals surface area contributed by atoms with Crippen LogP contribution >= 0.6 is 0 Å². The molecular formula is C13H12FN3O. The summed E-state index contributed by atoms with van der Waals surface area (Å²) in [6, 6.07) is 5.34. The van der Waals surface area contributed by atoms with Gasteiger partial charge in [-0.15, -0.1) is 0 Å². The molecule has 1 aliphatic heterocycles. The number of rotatable bonds is 3. The van der Waals surface area contributed by atoms with Crippen molar-refractivity contribution >= 4 is 0 Å². The number of halogens is 1. The Morgan fingerprint density at radius 1 is 1.61 bits per heavy atom. The smallest absolute Gasteiger partial charge is 0.186 e. The topological polar surface area (TPSA) is 57.9 Å². The maximum absolute atomic E-state index is 13.4. The normalized spacial score (nSPS) is 22.5. The van der Waals surface area contributed by atoms with E-state index in [0.717, 1.165) is 0 Å². The number of allylic oxidation sites excluding steroid dienone is 3. The first-order chi connectivity index (χ1) is 8.72. The van der Waals surface area contributed by atoms with Gasteiger partial charge in [0.1, 0.15) is 6.07 Å². The maximum Gasteiger partial charge on any atom is 0.186 e. The molecule has 1 aliphatic rings. The summed E-state index contributed by atoms with van der Waals surface area (Å²) >= 11 is 0. The lowest BCUT2D eigenvalue weighted by molar-refractivity contribution is -0.0256. The molecular weight excluding hydrogens is 233 g/mol. The maximum atomic E-state index is 13.4. The van der Waals surface area contributed by atoms with E-state index in [1.807, 2.05) is 6.92 Å². The number of hydrogen-bond donors (Lipinski definition) is 1. The Bertz CT molecular complexity index is 533. The minimum absolute atomic E-state index is 0.144. The van der Waals surface area contributed by atoms with Crippen molar-refractivity contribution in [3.8, 4) is 6.07 Å². The summed E-state index contributed by atoms with van der Waals surface area (Å²) in [6.45, 7) is 2.24. The summed E-state index contributed by atoms with van der Waals surface area (Å²) in [5.74, 6) is -0.600. The highest BCUT2D eigenvalue weighted by atomic mass is 19.1. The lowest BCUT2D eigenvalue weighted by Gasteiger charge is -2.34. The molecule has 0 bridgehead atoms. The molecule has 0 fully saturated rings. The molecule has 0 amide bonds. The van der Waals surface area contributed by atoms with Crippen LogP contribution in [0.4, 0.5) is 4.39 Å². The number of pyridine rings is 1. The predicted molar refractivity (Wildman–Crippen MR) is 63.6 cm³/mol.